The fourth-order valence-corrected chi connectivity index (χ4v) is 2.67. The van der Waals surface area contributed by atoms with Crippen molar-refractivity contribution in [3.8, 4) is 0 Å². The summed E-state index contributed by atoms with van der Waals surface area (Å²) in [4.78, 5) is 2.71. The molecule has 0 unspecified atom stereocenters. The standard InChI is InChI=1S/C15H25NO2S/c1-2-3-8-17-9-10-18-12-15-7-6-14(19-15)11-16-13-4-5-13/h6-7,13,16H,2-5,8-12H2,1H3. The van der Waals surface area contributed by atoms with Gasteiger partial charge < -0.3 is 14.8 Å². The zero-order valence-electron chi connectivity index (χ0n) is 11.8. The topological polar surface area (TPSA) is 30.5 Å². The molecule has 1 heterocycles. The highest BCUT2D eigenvalue weighted by molar-refractivity contribution is 7.11. The maximum absolute atomic E-state index is 5.62. The molecule has 4 heteroatoms. The molecule has 0 bridgehead atoms. The molecule has 0 aromatic carbocycles. The predicted molar refractivity (Wildman–Crippen MR) is 79.6 cm³/mol. The second-order valence-corrected chi connectivity index (χ2v) is 6.29. The molecule has 0 spiro atoms. The highest BCUT2D eigenvalue weighted by atomic mass is 32.1. The normalized spacial score (nSPS) is 15.0. The van der Waals surface area contributed by atoms with Crippen LogP contribution in [0.15, 0.2) is 12.1 Å². The number of nitrogens with one attached hydrogen (secondary N) is 1. The van der Waals surface area contributed by atoms with Gasteiger partial charge in [-0.05, 0) is 31.4 Å². The second-order valence-electron chi connectivity index (χ2n) is 5.04. The van der Waals surface area contributed by atoms with Gasteiger partial charge in [-0.25, -0.2) is 0 Å². The molecule has 0 atom stereocenters. The number of hydrogen-bond acceptors (Lipinski definition) is 4. The maximum atomic E-state index is 5.62. The molecule has 0 aliphatic heterocycles. The molecule has 108 valence electrons. The van der Waals surface area contributed by atoms with E-state index >= 15 is 0 Å². The first kappa shape index (κ1) is 15.0. The van der Waals surface area contributed by atoms with E-state index in [-0.39, 0.29) is 0 Å². The maximum Gasteiger partial charge on any atom is 0.0810 e. The zero-order chi connectivity index (χ0) is 13.3. The van der Waals surface area contributed by atoms with Crippen molar-refractivity contribution in [3.63, 3.8) is 0 Å². The van der Waals surface area contributed by atoms with Crippen molar-refractivity contribution in [2.45, 2.75) is 51.8 Å². The largest absolute Gasteiger partial charge is 0.379 e. The first-order chi connectivity index (χ1) is 9.38. The third-order valence-corrected chi connectivity index (χ3v) is 4.18. The molecule has 0 saturated heterocycles. The van der Waals surface area contributed by atoms with Crippen LogP contribution < -0.4 is 5.32 Å². The minimum absolute atomic E-state index is 0.692. The summed E-state index contributed by atoms with van der Waals surface area (Å²) in [5.41, 5.74) is 0. The van der Waals surface area contributed by atoms with Crippen LogP contribution in [0.5, 0.6) is 0 Å². The van der Waals surface area contributed by atoms with Gasteiger partial charge in [0.1, 0.15) is 0 Å². The Kier molecular flexibility index (Phi) is 6.85. The summed E-state index contributed by atoms with van der Waals surface area (Å²) in [6.45, 7) is 6.15. The number of thiophene rings is 1. The van der Waals surface area contributed by atoms with Gasteiger partial charge in [-0.1, -0.05) is 13.3 Å². The van der Waals surface area contributed by atoms with E-state index in [9.17, 15) is 0 Å². The van der Waals surface area contributed by atoms with E-state index in [2.05, 4.69) is 24.4 Å². The molecule has 1 fully saturated rings. The van der Waals surface area contributed by atoms with Crippen molar-refractivity contribution in [3.05, 3.63) is 21.9 Å². The van der Waals surface area contributed by atoms with Crippen molar-refractivity contribution >= 4 is 11.3 Å². The van der Waals surface area contributed by atoms with E-state index in [0.29, 0.717) is 19.8 Å². The van der Waals surface area contributed by atoms with Crippen LogP contribution in [0.1, 0.15) is 42.4 Å². The predicted octanol–water partition coefficient (Wildman–Crippen LogP) is 3.33. The van der Waals surface area contributed by atoms with Gasteiger partial charge >= 0.3 is 0 Å². The van der Waals surface area contributed by atoms with E-state index in [1.54, 1.807) is 0 Å². The SMILES string of the molecule is CCCCOCCOCc1ccc(CNC2CC2)s1. The molecule has 1 aromatic rings. The Morgan fingerprint density at radius 2 is 1.95 bits per heavy atom. The molecular formula is C15H25NO2S. The number of unbranched alkanes of at least 4 members (excludes halogenated alkanes) is 1. The van der Waals surface area contributed by atoms with Crippen molar-refractivity contribution < 1.29 is 9.47 Å². The summed E-state index contributed by atoms with van der Waals surface area (Å²) < 4.78 is 11.1. The monoisotopic (exact) mass is 283 g/mol. The van der Waals surface area contributed by atoms with Gasteiger partial charge in [0.2, 0.25) is 0 Å². The van der Waals surface area contributed by atoms with Crippen LogP contribution in [0.3, 0.4) is 0 Å². The van der Waals surface area contributed by atoms with E-state index in [1.807, 2.05) is 11.3 Å². The molecule has 3 nitrogen and oxygen atoms in total. The highest BCUT2D eigenvalue weighted by Crippen LogP contribution is 2.22. The van der Waals surface area contributed by atoms with Crippen LogP contribution in [-0.2, 0) is 22.6 Å². The minimum Gasteiger partial charge on any atom is -0.379 e. The first-order valence-corrected chi connectivity index (χ1v) is 8.16. The van der Waals surface area contributed by atoms with E-state index in [4.69, 9.17) is 9.47 Å². The fourth-order valence-electron chi connectivity index (χ4n) is 1.77. The lowest BCUT2D eigenvalue weighted by molar-refractivity contribution is 0.0406. The average molecular weight is 283 g/mol. The van der Waals surface area contributed by atoms with Crippen LogP contribution in [0.2, 0.25) is 0 Å². The Balaban J connectivity index is 1.50. The summed E-state index contributed by atoms with van der Waals surface area (Å²) in [5.74, 6) is 0. The molecule has 0 radical (unpaired) electrons. The van der Waals surface area contributed by atoms with Crippen LogP contribution >= 0.6 is 11.3 Å². The smallest absolute Gasteiger partial charge is 0.0810 e. The first-order valence-electron chi connectivity index (χ1n) is 7.35. The third-order valence-electron chi connectivity index (χ3n) is 3.12. The summed E-state index contributed by atoms with van der Waals surface area (Å²) in [6.07, 6.45) is 5.02. The van der Waals surface area contributed by atoms with Crippen LogP contribution in [0.4, 0.5) is 0 Å². The van der Waals surface area contributed by atoms with Gasteiger partial charge in [0.05, 0.1) is 19.8 Å². The lowest BCUT2D eigenvalue weighted by atomic mass is 10.4. The van der Waals surface area contributed by atoms with E-state index in [0.717, 1.165) is 25.6 Å². The van der Waals surface area contributed by atoms with Crippen LogP contribution in [0, 0.1) is 0 Å². The zero-order valence-corrected chi connectivity index (χ0v) is 12.6. The summed E-state index contributed by atoms with van der Waals surface area (Å²) >= 11 is 1.85. The molecule has 2 rings (SSSR count). The van der Waals surface area contributed by atoms with Gasteiger partial charge in [0, 0.05) is 28.9 Å². The Hall–Kier alpha value is -0.420. The Morgan fingerprint density at radius 3 is 2.74 bits per heavy atom. The van der Waals surface area contributed by atoms with E-state index < -0.39 is 0 Å². The van der Waals surface area contributed by atoms with Gasteiger partial charge in [-0.3, -0.25) is 0 Å². The lowest BCUT2D eigenvalue weighted by Gasteiger charge is -2.04. The number of ether oxygens (including phenoxy) is 2. The Labute approximate surface area is 120 Å². The molecule has 0 amide bonds. The lowest BCUT2D eigenvalue weighted by Crippen LogP contribution is -2.14. The molecule has 1 saturated carbocycles. The summed E-state index contributed by atoms with van der Waals surface area (Å²) in [7, 11) is 0. The van der Waals surface area contributed by atoms with Crippen molar-refractivity contribution in [2.24, 2.45) is 0 Å². The van der Waals surface area contributed by atoms with Gasteiger partial charge in [-0.15, -0.1) is 11.3 Å². The quantitative estimate of drug-likeness (QED) is 0.632. The van der Waals surface area contributed by atoms with Crippen LogP contribution in [0.25, 0.3) is 0 Å². The second kappa shape index (κ2) is 8.69. The van der Waals surface area contributed by atoms with Crippen molar-refractivity contribution in [1.82, 2.24) is 5.32 Å². The fraction of sp³-hybridized carbons (Fsp3) is 0.733. The van der Waals surface area contributed by atoms with Crippen molar-refractivity contribution in [1.29, 1.82) is 0 Å². The summed E-state index contributed by atoms with van der Waals surface area (Å²) in [6, 6.07) is 5.16. The molecule has 1 aliphatic rings. The minimum atomic E-state index is 0.692. The highest BCUT2D eigenvalue weighted by Gasteiger charge is 2.20. The Morgan fingerprint density at radius 1 is 1.16 bits per heavy atom. The summed E-state index contributed by atoms with van der Waals surface area (Å²) in [5, 5.41) is 3.53. The van der Waals surface area contributed by atoms with Crippen LogP contribution in [-0.4, -0.2) is 25.9 Å². The molecular weight excluding hydrogens is 258 g/mol. The van der Waals surface area contributed by atoms with Gasteiger partial charge in [-0.2, -0.15) is 0 Å². The van der Waals surface area contributed by atoms with Gasteiger partial charge in [0.25, 0.3) is 0 Å². The molecule has 19 heavy (non-hydrogen) atoms. The van der Waals surface area contributed by atoms with E-state index in [1.165, 1.54) is 29.0 Å². The third kappa shape index (κ3) is 6.52. The molecule has 1 aliphatic carbocycles. The van der Waals surface area contributed by atoms with Crippen molar-refractivity contribution in [2.75, 3.05) is 19.8 Å². The number of rotatable bonds is 11. The van der Waals surface area contributed by atoms with Gasteiger partial charge in [0.15, 0.2) is 0 Å². The molecule has 1 N–H and O–H groups in total. The number of hydrogen-bond donors (Lipinski definition) is 1. The average Bonchev–Trinajstić information content (AvgIpc) is 3.15. The Bertz CT molecular complexity index is 350. The molecule has 1 aromatic heterocycles.